The largest absolute Gasteiger partial charge is 0.508 e. The van der Waals surface area contributed by atoms with Crippen molar-refractivity contribution in [3.05, 3.63) is 35.7 Å². The minimum atomic E-state index is 0.292. The fraction of sp³-hybridized carbons (Fsp3) is 0.429. The number of benzene rings is 1. The van der Waals surface area contributed by atoms with Crippen LogP contribution in [0.5, 0.6) is 11.5 Å². The predicted octanol–water partition coefficient (Wildman–Crippen LogP) is 0.749. The van der Waals surface area contributed by atoms with E-state index in [1.165, 1.54) is 5.70 Å². The number of ether oxygens (including phenoxy) is 1. The maximum absolute atomic E-state index is 9.57. The van der Waals surface area contributed by atoms with Crippen molar-refractivity contribution in [3.63, 3.8) is 0 Å². The van der Waals surface area contributed by atoms with Crippen molar-refractivity contribution >= 4 is 0 Å². The van der Waals surface area contributed by atoms with Crippen LogP contribution in [0, 0.1) is 0 Å². The van der Waals surface area contributed by atoms with Gasteiger partial charge in [-0.15, -0.1) is 0 Å². The van der Waals surface area contributed by atoms with E-state index in [0.29, 0.717) is 24.9 Å². The van der Waals surface area contributed by atoms with Gasteiger partial charge in [0.2, 0.25) is 0 Å². The van der Waals surface area contributed by atoms with Gasteiger partial charge in [-0.25, -0.2) is 0 Å². The van der Waals surface area contributed by atoms with Gasteiger partial charge >= 0.3 is 0 Å². The van der Waals surface area contributed by atoms with E-state index in [4.69, 9.17) is 10.5 Å². The molecule has 5 nitrogen and oxygen atoms in total. The second-order valence-electron chi connectivity index (χ2n) is 4.97. The number of nitrogens with one attached hydrogen (secondary N) is 1. The van der Waals surface area contributed by atoms with E-state index in [1.807, 2.05) is 12.3 Å². The van der Waals surface area contributed by atoms with E-state index in [-0.39, 0.29) is 0 Å². The molecule has 1 aromatic rings. The monoisotopic (exact) mass is 261 g/mol. The molecular weight excluding hydrogens is 242 g/mol. The number of phenolic OH excluding ortho intramolecular Hbond substituents is 1. The minimum absolute atomic E-state index is 0.292. The Labute approximate surface area is 112 Å². The fourth-order valence-electron chi connectivity index (χ4n) is 2.74. The number of aromatic hydroxyl groups is 1. The summed E-state index contributed by atoms with van der Waals surface area (Å²) in [6, 6.07) is 5.58. The van der Waals surface area contributed by atoms with Crippen molar-refractivity contribution < 1.29 is 9.84 Å². The Balaban J connectivity index is 1.76. The summed E-state index contributed by atoms with van der Waals surface area (Å²) in [7, 11) is 0. The van der Waals surface area contributed by atoms with Crippen LogP contribution in [0.4, 0.5) is 0 Å². The Morgan fingerprint density at radius 2 is 2.37 bits per heavy atom. The Kier molecular flexibility index (Phi) is 3.21. The molecule has 102 valence electrons. The van der Waals surface area contributed by atoms with Gasteiger partial charge in [-0.3, -0.25) is 0 Å². The molecule has 19 heavy (non-hydrogen) atoms. The first-order valence-corrected chi connectivity index (χ1v) is 6.62. The number of hydrogen-bond acceptors (Lipinski definition) is 5. The highest BCUT2D eigenvalue weighted by atomic mass is 16.5. The van der Waals surface area contributed by atoms with Crippen LogP contribution in [0.1, 0.15) is 12.0 Å². The number of phenols is 1. The molecule has 0 unspecified atom stereocenters. The number of hydrogen-bond donors (Lipinski definition) is 3. The van der Waals surface area contributed by atoms with E-state index >= 15 is 0 Å². The molecule has 5 heteroatoms. The van der Waals surface area contributed by atoms with Gasteiger partial charge in [-0.2, -0.15) is 0 Å². The first-order valence-electron chi connectivity index (χ1n) is 6.62. The smallest absolute Gasteiger partial charge is 0.122 e. The highest BCUT2D eigenvalue weighted by Gasteiger charge is 2.28. The highest BCUT2D eigenvalue weighted by Crippen LogP contribution is 2.31. The first kappa shape index (κ1) is 12.2. The molecule has 0 radical (unpaired) electrons. The molecular formula is C14H19N3O2. The SMILES string of the molecule is NCCC1=CNCN1[C@H]1COc2ccc(O)cc2C1. The molecule has 0 bridgehead atoms. The summed E-state index contributed by atoms with van der Waals surface area (Å²) in [6.45, 7) is 2.12. The van der Waals surface area contributed by atoms with Crippen molar-refractivity contribution in [1.29, 1.82) is 0 Å². The van der Waals surface area contributed by atoms with E-state index in [0.717, 1.165) is 30.8 Å². The van der Waals surface area contributed by atoms with Crippen LogP contribution in [0.15, 0.2) is 30.1 Å². The zero-order valence-corrected chi connectivity index (χ0v) is 10.8. The van der Waals surface area contributed by atoms with Crippen LogP contribution in [-0.2, 0) is 6.42 Å². The quantitative estimate of drug-likeness (QED) is 0.749. The molecule has 0 fully saturated rings. The molecule has 0 amide bonds. The number of nitrogens with two attached hydrogens (primary N) is 1. The summed E-state index contributed by atoms with van der Waals surface area (Å²) < 4.78 is 5.79. The Bertz CT molecular complexity index is 501. The molecule has 4 N–H and O–H groups in total. The van der Waals surface area contributed by atoms with Gasteiger partial charge in [0.25, 0.3) is 0 Å². The van der Waals surface area contributed by atoms with E-state index < -0.39 is 0 Å². The van der Waals surface area contributed by atoms with Gasteiger partial charge in [0.1, 0.15) is 18.1 Å². The van der Waals surface area contributed by atoms with Crippen molar-refractivity contribution in [1.82, 2.24) is 10.2 Å². The minimum Gasteiger partial charge on any atom is -0.508 e. The van der Waals surface area contributed by atoms with Gasteiger partial charge in [-0.1, -0.05) is 0 Å². The summed E-state index contributed by atoms with van der Waals surface area (Å²) in [4.78, 5) is 2.31. The molecule has 1 atom stereocenters. The summed E-state index contributed by atoms with van der Waals surface area (Å²) in [5.74, 6) is 1.17. The van der Waals surface area contributed by atoms with E-state index in [2.05, 4.69) is 10.2 Å². The third-order valence-electron chi connectivity index (χ3n) is 3.67. The molecule has 2 heterocycles. The maximum Gasteiger partial charge on any atom is 0.122 e. The van der Waals surface area contributed by atoms with Crippen LogP contribution in [-0.4, -0.2) is 35.9 Å². The van der Waals surface area contributed by atoms with Crippen LogP contribution in [0.3, 0.4) is 0 Å². The van der Waals surface area contributed by atoms with Gasteiger partial charge in [0.05, 0.1) is 12.7 Å². The molecule has 2 aliphatic heterocycles. The zero-order chi connectivity index (χ0) is 13.2. The van der Waals surface area contributed by atoms with E-state index in [9.17, 15) is 5.11 Å². The van der Waals surface area contributed by atoms with Gasteiger partial charge < -0.3 is 25.8 Å². The molecule has 0 saturated carbocycles. The van der Waals surface area contributed by atoms with Crippen molar-refractivity contribution in [2.24, 2.45) is 5.73 Å². The third kappa shape index (κ3) is 2.33. The van der Waals surface area contributed by atoms with Crippen LogP contribution < -0.4 is 15.8 Å². The topological polar surface area (TPSA) is 70.8 Å². The molecule has 1 aromatic carbocycles. The summed E-state index contributed by atoms with van der Waals surface area (Å²) >= 11 is 0. The van der Waals surface area contributed by atoms with Gasteiger partial charge in [0, 0.05) is 18.3 Å². The Hall–Kier alpha value is -1.88. The van der Waals surface area contributed by atoms with Crippen LogP contribution in [0.2, 0.25) is 0 Å². The zero-order valence-electron chi connectivity index (χ0n) is 10.8. The van der Waals surface area contributed by atoms with Gasteiger partial charge in [-0.05, 0) is 36.7 Å². The molecule has 0 aliphatic carbocycles. The lowest BCUT2D eigenvalue weighted by Crippen LogP contribution is -2.43. The summed E-state index contributed by atoms with van der Waals surface area (Å²) in [5.41, 5.74) is 7.94. The second-order valence-corrected chi connectivity index (χ2v) is 4.97. The normalized spacial score (nSPS) is 21.4. The molecule has 0 aromatic heterocycles. The highest BCUT2D eigenvalue weighted by molar-refractivity contribution is 5.41. The second kappa shape index (κ2) is 5.01. The summed E-state index contributed by atoms with van der Waals surface area (Å²) in [5, 5.41) is 12.8. The molecule has 0 saturated heterocycles. The average molecular weight is 261 g/mol. The fourth-order valence-corrected chi connectivity index (χ4v) is 2.74. The Morgan fingerprint density at radius 3 is 3.21 bits per heavy atom. The lowest BCUT2D eigenvalue weighted by atomic mass is 10.0. The maximum atomic E-state index is 9.57. The first-order chi connectivity index (χ1) is 9.28. The number of nitrogens with zero attached hydrogens (tertiary/aromatic N) is 1. The van der Waals surface area contributed by atoms with E-state index in [1.54, 1.807) is 12.1 Å². The lowest BCUT2D eigenvalue weighted by Gasteiger charge is -2.34. The molecule has 0 spiro atoms. The standard InChI is InChI=1S/C14H19N3O2/c15-4-3-11-7-16-9-17(11)12-5-10-6-13(18)1-2-14(10)19-8-12/h1-2,6-7,12,16,18H,3-5,8-9,15H2/t12-/m1/s1. The number of fused-ring (bicyclic) bond motifs is 1. The van der Waals surface area contributed by atoms with Crippen molar-refractivity contribution in [2.45, 2.75) is 18.9 Å². The van der Waals surface area contributed by atoms with Gasteiger partial charge in [0.15, 0.2) is 0 Å². The predicted molar refractivity (Wildman–Crippen MR) is 72.7 cm³/mol. The molecule has 3 rings (SSSR count). The number of rotatable bonds is 3. The van der Waals surface area contributed by atoms with Crippen molar-refractivity contribution in [3.8, 4) is 11.5 Å². The van der Waals surface area contributed by atoms with Crippen LogP contribution in [0.25, 0.3) is 0 Å². The summed E-state index contributed by atoms with van der Waals surface area (Å²) in [6.07, 6.45) is 3.79. The lowest BCUT2D eigenvalue weighted by molar-refractivity contribution is 0.151. The average Bonchev–Trinajstić information content (AvgIpc) is 2.86. The molecule has 2 aliphatic rings. The van der Waals surface area contributed by atoms with Crippen molar-refractivity contribution in [2.75, 3.05) is 19.8 Å². The Morgan fingerprint density at radius 1 is 1.47 bits per heavy atom. The van der Waals surface area contributed by atoms with Crippen LogP contribution >= 0.6 is 0 Å². The third-order valence-corrected chi connectivity index (χ3v) is 3.67.